The highest BCUT2D eigenvalue weighted by Crippen LogP contribution is 2.24. The van der Waals surface area contributed by atoms with E-state index in [4.69, 9.17) is 0 Å². The first-order valence-electron chi connectivity index (χ1n) is 11.1. The number of benzene rings is 1. The molecule has 2 fully saturated rings. The summed E-state index contributed by atoms with van der Waals surface area (Å²) in [6, 6.07) is 6.46. The smallest absolute Gasteiger partial charge is 0.242 e. The molecular weight excluding hydrogens is 416 g/mol. The molecule has 2 N–H and O–H groups in total. The average molecular weight is 451 g/mol. The van der Waals surface area contributed by atoms with E-state index in [0.29, 0.717) is 5.69 Å². The molecule has 1 aromatic carbocycles. The topological polar surface area (TPSA) is 98.8 Å². The predicted octanol–water partition coefficient (Wildman–Crippen LogP) is 2.04. The Kier molecular flexibility index (Phi) is 8.07. The van der Waals surface area contributed by atoms with Crippen LogP contribution in [-0.2, 0) is 19.6 Å². The van der Waals surface area contributed by atoms with Crippen molar-refractivity contribution in [3.05, 3.63) is 24.3 Å². The second-order valence-corrected chi connectivity index (χ2v) is 10.9. The van der Waals surface area contributed by atoms with Gasteiger partial charge in [0.25, 0.3) is 0 Å². The van der Waals surface area contributed by atoms with Crippen LogP contribution in [-0.4, -0.2) is 69.2 Å². The summed E-state index contributed by atoms with van der Waals surface area (Å²) < 4.78 is 25.7. The maximum Gasteiger partial charge on any atom is 0.242 e. The lowest BCUT2D eigenvalue weighted by Crippen LogP contribution is -2.48. The largest absolute Gasteiger partial charge is 0.353 e. The van der Waals surface area contributed by atoms with E-state index in [-0.39, 0.29) is 35.2 Å². The van der Waals surface area contributed by atoms with Crippen molar-refractivity contribution in [3.8, 4) is 0 Å². The summed E-state index contributed by atoms with van der Waals surface area (Å²) in [5.41, 5.74) is 0.461. The highest BCUT2D eigenvalue weighted by Gasteiger charge is 2.26. The van der Waals surface area contributed by atoms with E-state index in [0.717, 1.165) is 55.9 Å². The van der Waals surface area contributed by atoms with Crippen LogP contribution in [0.3, 0.4) is 0 Å². The van der Waals surface area contributed by atoms with Crippen molar-refractivity contribution in [3.63, 3.8) is 0 Å². The number of hydrogen-bond acceptors (Lipinski definition) is 5. The van der Waals surface area contributed by atoms with Gasteiger partial charge in [0, 0.05) is 44.8 Å². The molecule has 1 heterocycles. The molecule has 1 saturated carbocycles. The van der Waals surface area contributed by atoms with Gasteiger partial charge in [-0.25, -0.2) is 12.7 Å². The van der Waals surface area contributed by atoms with E-state index >= 15 is 0 Å². The highest BCUT2D eigenvalue weighted by atomic mass is 32.2. The van der Waals surface area contributed by atoms with E-state index in [1.54, 1.807) is 12.1 Å². The molecule has 31 heavy (non-hydrogen) atoms. The Balaban J connectivity index is 1.44. The fraction of sp³-hybridized carbons (Fsp3) is 0.636. The molecule has 2 amide bonds. The van der Waals surface area contributed by atoms with Gasteiger partial charge in [-0.1, -0.05) is 25.3 Å². The van der Waals surface area contributed by atoms with Crippen LogP contribution in [0.4, 0.5) is 5.69 Å². The van der Waals surface area contributed by atoms with Crippen molar-refractivity contribution in [1.29, 1.82) is 0 Å². The summed E-state index contributed by atoms with van der Waals surface area (Å²) in [7, 11) is -0.602. The first kappa shape index (κ1) is 23.7. The van der Waals surface area contributed by atoms with E-state index in [9.17, 15) is 18.0 Å². The molecule has 1 aromatic rings. The van der Waals surface area contributed by atoms with Crippen molar-refractivity contribution >= 4 is 27.5 Å². The first-order valence-corrected chi connectivity index (χ1v) is 12.5. The maximum absolute atomic E-state index is 12.5. The maximum atomic E-state index is 12.5. The van der Waals surface area contributed by atoms with Crippen molar-refractivity contribution in [1.82, 2.24) is 14.5 Å². The normalized spacial score (nSPS) is 19.3. The minimum Gasteiger partial charge on any atom is -0.353 e. The van der Waals surface area contributed by atoms with Crippen molar-refractivity contribution in [2.75, 3.05) is 39.0 Å². The summed E-state index contributed by atoms with van der Waals surface area (Å²) in [5.74, 6) is 0.192. The van der Waals surface area contributed by atoms with Crippen LogP contribution in [0, 0.1) is 5.92 Å². The van der Waals surface area contributed by atoms with Crippen molar-refractivity contribution < 1.29 is 18.0 Å². The summed E-state index contributed by atoms with van der Waals surface area (Å²) in [6.45, 7) is 1.74. The number of piperidine rings is 1. The van der Waals surface area contributed by atoms with Gasteiger partial charge in [0.2, 0.25) is 21.8 Å². The zero-order chi connectivity index (χ0) is 22.4. The Labute approximate surface area is 185 Å². The van der Waals surface area contributed by atoms with Crippen molar-refractivity contribution in [2.45, 2.75) is 55.9 Å². The van der Waals surface area contributed by atoms with Crippen LogP contribution >= 0.6 is 0 Å². The third-order valence-electron chi connectivity index (χ3n) is 6.17. The molecule has 2 aliphatic rings. The molecular formula is C22H34N4O4S. The molecule has 0 aromatic heterocycles. The van der Waals surface area contributed by atoms with Gasteiger partial charge in [0.1, 0.15) is 0 Å². The van der Waals surface area contributed by atoms with Gasteiger partial charge >= 0.3 is 0 Å². The van der Waals surface area contributed by atoms with Gasteiger partial charge in [-0.3, -0.25) is 14.5 Å². The lowest BCUT2D eigenvalue weighted by molar-refractivity contribution is -0.127. The van der Waals surface area contributed by atoms with Gasteiger partial charge in [-0.15, -0.1) is 0 Å². The number of anilines is 1. The van der Waals surface area contributed by atoms with Crippen molar-refractivity contribution in [2.24, 2.45) is 5.92 Å². The number of rotatable bonds is 7. The quantitative estimate of drug-likeness (QED) is 0.662. The second kappa shape index (κ2) is 10.6. The average Bonchev–Trinajstić information content (AvgIpc) is 2.75. The number of nitrogens with zero attached hydrogens (tertiary/aromatic N) is 2. The summed E-state index contributed by atoms with van der Waals surface area (Å²) in [6.07, 6.45) is 7.21. The second-order valence-electron chi connectivity index (χ2n) is 8.76. The van der Waals surface area contributed by atoms with Crippen LogP contribution in [0.15, 0.2) is 29.2 Å². The Hall–Kier alpha value is -1.97. The zero-order valence-electron chi connectivity index (χ0n) is 18.5. The standard InChI is InChI=1S/C22H34N4O4S/c1-25(2)31(29,30)20-10-6-9-19(15-20)23-21(27)16-26-13-11-18(12-14-26)24-22(28)17-7-4-3-5-8-17/h6,9-10,15,17-18H,3-5,7-8,11-14,16H2,1-2H3,(H,23,27)(H,24,28). The molecule has 8 nitrogen and oxygen atoms in total. The minimum atomic E-state index is -3.55. The lowest BCUT2D eigenvalue weighted by atomic mass is 9.88. The summed E-state index contributed by atoms with van der Waals surface area (Å²) in [5, 5.41) is 6.00. The Morgan fingerprint density at radius 1 is 1.06 bits per heavy atom. The van der Waals surface area contributed by atoms with Crippen LogP contribution in [0.1, 0.15) is 44.9 Å². The number of amides is 2. The number of hydrogen-bond donors (Lipinski definition) is 2. The number of sulfonamides is 1. The van der Waals surface area contributed by atoms with Gasteiger partial charge in [-0.05, 0) is 43.9 Å². The van der Waals surface area contributed by atoms with E-state index in [1.165, 1.54) is 32.6 Å². The summed E-state index contributed by atoms with van der Waals surface area (Å²) >= 11 is 0. The highest BCUT2D eigenvalue weighted by molar-refractivity contribution is 7.89. The summed E-state index contributed by atoms with van der Waals surface area (Å²) in [4.78, 5) is 27.1. The molecule has 1 aliphatic heterocycles. The molecule has 1 saturated heterocycles. The zero-order valence-corrected chi connectivity index (χ0v) is 19.3. The van der Waals surface area contributed by atoms with E-state index in [1.807, 2.05) is 0 Å². The molecule has 172 valence electrons. The molecule has 0 atom stereocenters. The third kappa shape index (κ3) is 6.51. The van der Waals surface area contributed by atoms with Gasteiger partial charge < -0.3 is 10.6 Å². The number of carbonyl (C=O) groups is 2. The fourth-order valence-corrected chi connectivity index (χ4v) is 5.22. The molecule has 9 heteroatoms. The first-order chi connectivity index (χ1) is 14.8. The van der Waals surface area contributed by atoms with Crippen LogP contribution in [0.25, 0.3) is 0 Å². The fourth-order valence-electron chi connectivity index (χ4n) is 4.27. The molecule has 0 spiro atoms. The van der Waals surface area contributed by atoms with Gasteiger partial charge in [0.05, 0.1) is 11.4 Å². The van der Waals surface area contributed by atoms with Crippen LogP contribution in [0.5, 0.6) is 0 Å². The number of nitrogens with one attached hydrogen (secondary N) is 2. The molecule has 0 unspecified atom stereocenters. The van der Waals surface area contributed by atoms with Gasteiger partial charge in [0.15, 0.2) is 0 Å². The SMILES string of the molecule is CN(C)S(=O)(=O)c1cccc(NC(=O)CN2CCC(NC(=O)C3CCCCC3)CC2)c1. The Morgan fingerprint density at radius 3 is 2.39 bits per heavy atom. The monoisotopic (exact) mass is 450 g/mol. The number of likely N-dealkylation sites (tertiary alicyclic amines) is 1. The van der Waals surface area contributed by atoms with E-state index < -0.39 is 10.0 Å². The molecule has 0 bridgehead atoms. The third-order valence-corrected chi connectivity index (χ3v) is 7.98. The lowest BCUT2D eigenvalue weighted by Gasteiger charge is -2.33. The van der Waals surface area contributed by atoms with Gasteiger partial charge in [-0.2, -0.15) is 0 Å². The predicted molar refractivity (Wildman–Crippen MR) is 120 cm³/mol. The molecule has 0 radical (unpaired) electrons. The Bertz CT molecular complexity index is 873. The van der Waals surface area contributed by atoms with Crippen LogP contribution < -0.4 is 10.6 Å². The number of carbonyl (C=O) groups excluding carboxylic acids is 2. The van der Waals surface area contributed by atoms with E-state index in [2.05, 4.69) is 15.5 Å². The minimum absolute atomic E-state index is 0.143. The molecule has 3 rings (SSSR count). The Morgan fingerprint density at radius 2 is 1.74 bits per heavy atom. The van der Waals surface area contributed by atoms with Crippen LogP contribution in [0.2, 0.25) is 0 Å². The molecule has 1 aliphatic carbocycles.